The molecule has 0 aliphatic rings. The van der Waals surface area contributed by atoms with E-state index in [1.807, 2.05) is 6.92 Å². The van der Waals surface area contributed by atoms with Crippen LogP contribution < -0.4 is 9.46 Å². The molecular formula is C15H17NO4S. The largest absolute Gasteiger partial charge is 0.467 e. The summed E-state index contributed by atoms with van der Waals surface area (Å²) in [6, 6.07) is 13.3. The Labute approximate surface area is 124 Å². The third-order valence-corrected chi connectivity index (χ3v) is 4.16. The molecule has 1 N–H and O–H groups in total. The second-order valence-corrected chi connectivity index (χ2v) is 6.18. The summed E-state index contributed by atoms with van der Waals surface area (Å²) in [4.78, 5) is 0.219. The number of nitrogens with one attached hydrogen (secondary N) is 1. The molecule has 0 aromatic heterocycles. The third kappa shape index (κ3) is 4.21. The number of hydrogen-bond acceptors (Lipinski definition) is 4. The minimum absolute atomic E-state index is 0.105. The maximum Gasteiger partial charge on any atom is 0.261 e. The van der Waals surface area contributed by atoms with Crippen LogP contribution in [0.15, 0.2) is 53.4 Å². The zero-order chi connectivity index (χ0) is 15.3. The molecule has 0 spiro atoms. The Morgan fingerprint density at radius 3 is 2.48 bits per heavy atom. The van der Waals surface area contributed by atoms with Crippen LogP contribution in [0, 0.1) is 6.92 Å². The average Bonchev–Trinajstić information content (AvgIpc) is 2.45. The lowest BCUT2D eigenvalue weighted by atomic mass is 10.2. The highest BCUT2D eigenvalue weighted by Crippen LogP contribution is 2.21. The second kappa shape index (κ2) is 6.60. The summed E-state index contributed by atoms with van der Waals surface area (Å²) >= 11 is 0. The van der Waals surface area contributed by atoms with Crippen molar-refractivity contribution in [2.24, 2.45) is 0 Å². The van der Waals surface area contributed by atoms with Crippen LogP contribution in [0.2, 0.25) is 0 Å². The maximum absolute atomic E-state index is 12.3. The molecular weight excluding hydrogens is 290 g/mol. The second-order valence-electron chi connectivity index (χ2n) is 4.50. The van der Waals surface area contributed by atoms with E-state index >= 15 is 0 Å². The molecule has 2 rings (SSSR count). The van der Waals surface area contributed by atoms with E-state index in [1.54, 1.807) is 48.5 Å². The van der Waals surface area contributed by atoms with Crippen molar-refractivity contribution in [3.8, 4) is 5.75 Å². The van der Waals surface area contributed by atoms with Gasteiger partial charge < -0.3 is 9.47 Å². The van der Waals surface area contributed by atoms with Crippen LogP contribution in [0.25, 0.3) is 0 Å². The number of anilines is 1. The summed E-state index contributed by atoms with van der Waals surface area (Å²) in [5.74, 6) is 0.529. The van der Waals surface area contributed by atoms with Crippen molar-refractivity contribution >= 4 is 15.7 Å². The minimum Gasteiger partial charge on any atom is -0.467 e. The molecule has 0 aliphatic carbocycles. The molecule has 0 fully saturated rings. The Kier molecular flexibility index (Phi) is 4.82. The van der Waals surface area contributed by atoms with Crippen LogP contribution in [-0.2, 0) is 14.8 Å². The lowest BCUT2D eigenvalue weighted by molar-refractivity contribution is 0.0512. The number of sulfonamides is 1. The SMILES string of the molecule is COCOc1cccc(NS(=O)(=O)c2ccc(C)cc2)c1. The highest BCUT2D eigenvalue weighted by Gasteiger charge is 2.13. The molecule has 2 aromatic rings. The van der Waals surface area contributed by atoms with Gasteiger partial charge in [0.05, 0.1) is 10.6 Å². The van der Waals surface area contributed by atoms with Gasteiger partial charge in [-0.2, -0.15) is 0 Å². The van der Waals surface area contributed by atoms with Gasteiger partial charge in [-0.05, 0) is 31.2 Å². The normalized spacial score (nSPS) is 11.1. The van der Waals surface area contributed by atoms with Crippen molar-refractivity contribution in [1.29, 1.82) is 0 Å². The van der Waals surface area contributed by atoms with Crippen molar-refractivity contribution in [2.45, 2.75) is 11.8 Å². The van der Waals surface area contributed by atoms with Crippen molar-refractivity contribution in [3.05, 3.63) is 54.1 Å². The number of hydrogen-bond donors (Lipinski definition) is 1. The predicted octanol–water partition coefficient (Wildman–Crippen LogP) is 2.78. The van der Waals surface area contributed by atoms with Gasteiger partial charge in [0.15, 0.2) is 6.79 Å². The molecule has 2 aromatic carbocycles. The van der Waals surface area contributed by atoms with E-state index in [9.17, 15) is 8.42 Å². The smallest absolute Gasteiger partial charge is 0.261 e. The van der Waals surface area contributed by atoms with Gasteiger partial charge in [-0.25, -0.2) is 8.42 Å². The quantitative estimate of drug-likeness (QED) is 0.833. The van der Waals surface area contributed by atoms with Gasteiger partial charge in [-0.3, -0.25) is 4.72 Å². The Balaban J connectivity index is 2.18. The van der Waals surface area contributed by atoms with Crippen LogP contribution in [0.1, 0.15) is 5.56 Å². The number of aryl methyl sites for hydroxylation is 1. The molecule has 0 amide bonds. The zero-order valence-electron chi connectivity index (χ0n) is 11.9. The summed E-state index contributed by atoms with van der Waals surface area (Å²) in [7, 11) is -2.09. The first-order valence-corrected chi connectivity index (χ1v) is 7.81. The predicted molar refractivity (Wildman–Crippen MR) is 80.9 cm³/mol. The molecule has 112 valence electrons. The van der Waals surface area contributed by atoms with E-state index in [4.69, 9.17) is 9.47 Å². The number of ether oxygens (including phenoxy) is 2. The zero-order valence-corrected chi connectivity index (χ0v) is 12.7. The van der Waals surface area contributed by atoms with Gasteiger partial charge >= 0.3 is 0 Å². The number of benzene rings is 2. The van der Waals surface area contributed by atoms with Crippen molar-refractivity contribution in [1.82, 2.24) is 0 Å². The van der Waals surface area contributed by atoms with Crippen molar-refractivity contribution in [2.75, 3.05) is 18.6 Å². The van der Waals surface area contributed by atoms with E-state index in [2.05, 4.69) is 4.72 Å². The van der Waals surface area contributed by atoms with Crippen LogP contribution in [0.3, 0.4) is 0 Å². The lowest BCUT2D eigenvalue weighted by Gasteiger charge is -2.10. The molecule has 0 radical (unpaired) electrons. The highest BCUT2D eigenvalue weighted by atomic mass is 32.2. The van der Waals surface area contributed by atoms with Gasteiger partial charge in [0, 0.05) is 13.2 Å². The van der Waals surface area contributed by atoms with Crippen molar-refractivity contribution in [3.63, 3.8) is 0 Å². The van der Waals surface area contributed by atoms with Gasteiger partial charge in [-0.1, -0.05) is 23.8 Å². The fourth-order valence-corrected chi connectivity index (χ4v) is 2.76. The fourth-order valence-electron chi connectivity index (χ4n) is 1.71. The molecule has 0 atom stereocenters. The molecule has 6 heteroatoms. The van der Waals surface area contributed by atoms with Crippen LogP contribution >= 0.6 is 0 Å². The number of rotatable bonds is 6. The van der Waals surface area contributed by atoms with E-state index in [-0.39, 0.29) is 11.7 Å². The summed E-state index contributed by atoms with van der Waals surface area (Å²) in [5, 5.41) is 0. The molecule has 0 unspecified atom stereocenters. The molecule has 21 heavy (non-hydrogen) atoms. The number of methoxy groups -OCH3 is 1. The average molecular weight is 307 g/mol. The first-order valence-electron chi connectivity index (χ1n) is 6.32. The van der Waals surface area contributed by atoms with Gasteiger partial charge in [0.25, 0.3) is 10.0 Å². The maximum atomic E-state index is 12.3. The fraction of sp³-hybridized carbons (Fsp3) is 0.200. The standard InChI is InChI=1S/C15H17NO4S/c1-12-6-8-15(9-7-12)21(17,18)16-13-4-3-5-14(10-13)20-11-19-2/h3-10,16H,11H2,1-2H3. The van der Waals surface area contributed by atoms with Crippen LogP contribution in [0.5, 0.6) is 5.75 Å². The Morgan fingerprint density at radius 2 is 1.81 bits per heavy atom. The van der Waals surface area contributed by atoms with E-state index in [0.717, 1.165) is 5.56 Å². The summed E-state index contributed by atoms with van der Waals surface area (Å²) in [5.41, 5.74) is 1.44. The summed E-state index contributed by atoms with van der Waals surface area (Å²) in [6.07, 6.45) is 0. The van der Waals surface area contributed by atoms with E-state index in [0.29, 0.717) is 11.4 Å². The molecule has 5 nitrogen and oxygen atoms in total. The molecule has 0 heterocycles. The Bertz CT molecular complexity index is 696. The highest BCUT2D eigenvalue weighted by molar-refractivity contribution is 7.92. The van der Waals surface area contributed by atoms with Crippen molar-refractivity contribution < 1.29 is 17.9 Å². The van der Waals surface area contributed by atoms with Crippen LogP contribution in [-0.4, -0.2) is 22.3 Å². The lowest BCUT2D eigenvalue weighted by Crippen LogP contribution is -2.13. The molecule has 0 saturated heterocycles. The van der Waals surface area contributed by atoms with E-state index in [1.165, 1.54) is 7.11 Å². The summed E-state index contributed by atoms with van der Waals surface area (Å²) in [6.45, 7) is 2.01. The monoisotopic (exact) mass is 307 g/mol. The molecule has 0 aliphatic heterocycles. The molecule has 0 bridgehead atoms. The first kappa shape index (κ1) is 15.3. The minimum atomic E-state index is -3.60. The summed E-state index contributed by atoms with van der Waals surface area (Å²) < 4.78 is 37.1. The Hall–Kier alpha value is -2.05. The topological polar surface area (TPSA) is 64.6 Å². The molecule has 0 saturated carbocycles. The van der Waals surface area contributed by atoms with Gasteiger partial charge in [0.2, 0.25) is 0 Å². The van der Waals surface area contributed by atoms with E-state index < -0.39 is 10.0 Å². The van der Waals surface area contributed by atoms with Gasteiger partial charge in [0.1, 0.15) is 5.75 Å². The third-order valence-electron chi connectivity index (χ3n) is 2.76. The van der Waals surface area contributed by atoms with Crippen LogP contribution in [0.4, 0.5) is 5.69 Å². The van der Waals surface area contributed by atoms with Gasteiger partial charge in [-0.15, -0.1) is 0 Å². The Morgan fingerprint density at radius 1 is 1.10 bits per heavy atom. The first-order chi connectivity index (χ1) is 10.0.